The Hall–Kier alpha value is -3.08. The van der Waals surface area contributed by atoms with Crippen LogP contribution >= 0.6 is 0 Å². The van der Waals surface area contributed by atoms with Crippen LogP contribution in [0.25, 0.3) is 6.08 Å². The van der Waals surface area contributed by atoms with Gasteiger partial charge in [-0.1, -0.05) is 30.3 Å². The third-order valence-electron chi connectivity index (χ3n) is 3.61. The minimum atomic E-state index is -1.23. The monoisotopic (exact) mass is 323 g/mol. The Morgan fingerprint density at radius 1 is 0.917 bits per heavy atom. The van der Waals surface area contributed by atoms with E-state index in [1.807, 2.05) is 0 Å². The highest BCUT2D eigenvalue weighted by molar-refractivity contribution is 6.07. The Morgan fingerprint density at radius 2 is 1.58 bits per heavy atom. The first kappa shape index (κ1) is 15.8. The van der Waals surface area contributed by atoms with Crippen molar-refractivity contribution in [2.75, 3.05) is 13.2 Å². The molecule has 24 heavy (non-hydrogen) atoms. The van der Waals surface area contributed by atoms with Gasteiger partial charge in [0.2, 0.25) is 0 Å². The fourth-order valence-electron chi connectivity index (χ4n) is 2.32. The minimum absolute atomic E-state index is 0.0985. The van der Waals surface area contributed by atoms with Gasteiger partial charge in [0.1, 0.15) is 0 Å². The van der Waals surface area contributed by atoms with E-state index in [0.717, 1.165) is 12.0 Å². The smallest absolute Gasteiger partial charge is 0.185 e. The molecule has 0 bridgehead atoms. The van der Waals surface area contributed by atoms with Crippen molar-refractivity contribution in [3.8, 4) is 11.5 Å². The van der Waals surface area contributed by atoms with Gasteiger partial charge >= 0.3 is 0 Å². The fourth-order valence-corrected chi connectivity index (χ4v) is 2.32. The lowest BCUT2D eigenvalue weighted by Crippen LogP contribution is -2.21. The average Bonchev–Trinajstić information content (AvgIpc) is 2.84. The van der Waals surface area contributed by atoms with E-state index in [0.29, 0.717) is 30.3 Å². The van der Waals surface area contributed by atoms with Crippen molar-refractivity contribution in [3.63, 3.8) is 0 Å². The maximum atomic E-state index is 12.3. The van der Waals surface area contributed by atoms with Gasteiger partial charge in [-0.25, -0.2) is 0 Å². The summed E-state index contributed by atoms with van der Waals surface area (Å²) >= 11 is 0. The van der Waals surface area contributed by atoms with E-state index >= 15 is 0 Å². The number of benzene rings is 2. The number of fused-ring (bicyclic) bond motifs is 1. The van der Waals surface area contributed by atoms with E-state index < -0.39 is 5.97 Å². The lowest BCUT2D eigenvalue weighted by molar-refractivity contribution is -0.255. The number of rotatable bonds is 4. The number of carboxylic acid groups (broad SMARTS) is 1. The highest BCUT2D eigenvalue weighted by atomic mass is 16.5. The number of hydrogen-bond acceptors (Lipinski definition) is 5. The molecule has 2 aromatic rings. The zero-order chi connectivity index (χ0) is 16.9. The summed E-state index contributed by atoms with van der Waals surface area (Å²) in [6, 6.07) is 11.2. The van der Waals surface area contributed by atoms with Crippen LogP contribution in [-0.4, -0.2) is 25.0 Å². The van der Waals surface area contributed by atoms with E-state index in [1.165, 1.54) is 18.2 Å². The van der Waals surface area contributed by atoms with Crippen molar-refractivity contribution in [2.24, 2.45) is 0 Å². The molecule has 5 nitrogen and oxygen atoms in total. The number of carboxylic acids is 1. The maximum absolute atomic E-state index is 12.3. The van der Waals surface area contributed by atoms with Crippen molar-refractivity contribution in [3.05, 3.63) is 65.2 Å². The fraction of sp³-hybridized carbons (Fsp3) is 0.158. The highest BCUT2D eigenvalue weighted by Gasteiger charge is 2.12. The van der Waals surface area contributed by atoms with Gasteiger partial charge in [-0.15, -0.1) is 0 Å². The largest absolute Gasteiger partial charge is 0.545 e. The second-order valence-corrected chi connectivity index (χ2v) is 5.32. The minimum Gasteiger partial charge on any atom is -0.545 e. The average molecular weight is 323 g/mol. The van der Waals surface area contributed by atoms with Gasteiger partial charge in [0.25, 0.3) is 0 Å². The molecule has 0 radical (unpaired) electrons. The van der Waals surface area contributed by atoms with Crippen LogP contribution in [0.2, 0.25) is 0 Å². The van der Waals surface area contributed by atoms with Crippen LogP contribution in [0, 0.1) is 0 Å². The predicted molar refractivity (Wildman–Crippen MR) is 86.2 cm³/mol. The number of carbonyl (C=O) groups excluding carboxylic acids is 2. The van der Waals surface area contributed by atoms with Crippen molar-refractivity contribution in [1.29, 1.82) is 0 Å². The highest BCUT2D eigenvalue weighted by Crippen LogP contribution is 2.30. The summed E-state index contributed by atoms with van der Waals surface area (Å²) in [6.07, 6.45) is 3.87. The van der Waals surface area contributed by atoms with E-state index in [9.17, 15) is 14.7 Å². The number of allylic oxidation sites excluding steroid dienone is 1. The summed E-state index contributed by atoms with van der Waals surface area (Å²) < 4.78 is 11.1. The molecular weight excluding hydrogens is 308 g/mol. The van der Waals surface area contributed by atoms with Crippen LogP contribution in [0.15, 0.2) is 48.5 Å². The lowest BCUT2D eigenvalue weighted by atomic mass is 10.1. The summed E-state index contributed by atoms with van der Waals surface area (Å²) in [5.74, 6) is -0.181. The topological polar surface area (TPSA) is 75.7 Å². The second-order valence-electron chi connectivity index (χ2n) is 5.32. The van der Waals surface area contributed by atoms with Crippen LogP contribution in [0.1, 0.15) is 32.7 Å². The lowest BCUT2D eigenvalue weighted by Gasteiger charge is -2.07. The normalized spacial score (nSPS) is 13.5. The first-order valence-corrected chi connectivity index (χ1v) is 7.57. The van der Waals surface area contributed by atoms with Crippen LogP contribution < -0.4 is 14.6 Å². The quantitative estimate of drug-likeness (QED) is 0.636. The van der Waals surface area contributed by atoms with Gasteiger partial charge in [-0.3, -0.25) is 4.79 Å². The third-order valence-corrected chi connectivity index (χ3v) is 3.61. The number of ketones is 1. The van der Waals surface area contributed by atoms with Crippen molar-refractivity contribution in [1.82, 2.24) is 0 Å². The standard InChI is InChI=1S/C19H16O5/c20-16(8-4-13-2-5-14(6-3-13)19(21)22)15-7-9-17-18(12-15)24-11-1-10-23-17/h2-9,12H,1,10-11H2,(H,21,22)/p-1/b8-4+. The molecule has 0 N–H and O–H groups in total. The van der Waals surface area contributed by atoms with Crippen molar-refractivity contribution in [2.45, 2.75) is 6.42 Å². The molecular formula is C19H15O5-. The maximum Gasteiger partial charge on any atom is 0.185 e. The van der Waals surface area contributed by atoms with Crippen LogP contribution in [0.3, 0.4) is 0 Å². The second kappa shape index (κ2) is 7.00. The summed E-state index contributed by atoms with van der Waals surface area (Å²) in [6.45, 7) is 1.16. The molecule has 0 amide bonds. The molecule has 1 aliphatic rings. The van der Waals surface area contributed by atoms with Gasteiger partial charge < -0.3 is 19.4 Å². The van der Waals surface area contributed by atoms with E-state index in [1.54, 1.807) is 36.4 Å². The Balaban J connectivity index is 1.74. The van der Waals surface area contributed by atoms with Gasteiger partial charge in [0.15, 0.2) is 17.3 Å². The molecule has 0 spiro atoms. The molecule has 0 unspecified atom stereocenters. The number of ether oxygens (including phenoxy) is 2. The van der Waals surface area contributed by atoms with E-state index in [-0.39, 0.29) is 11.3 Å². The molecule has 3 rings (SSSR count). The summed E-state index contributed by atoms with van der Waals surface area (Å²) in [5, 5.41) is 10.7. The van der Waals surface area contributed by atoms with Crippen molar-refractivity contribution >= 4 is 17.8 Å². The summed E-state index contributed by atoms with van der Waals surface area (Å²) in [5.41, 5.74) is 1.32. The molecule has 0 aliphatic carbocycles. The zero-order valence-corrected chi connectivity index (χ0v) is 12.9. The Morgan fingerprint density at radius 3 is 2.29 bits per heavy atom. The third kappa shape index (κ3) is 3.63. The summed E-state index contributed by atoms with van der Waals surface area (Å²) in [7, 11) is 0. The Bertz CT molecular complexity index is 790. The molecule has 1 aliphatic heterocycles. The molecule has 122 valence electrons. The van der Waals surface area contributed by atoms with Gasteiger partial charge in [-0.2, -0.15) is 0 Å². The zero-order valence-electron chi connectivity index (χ0n) is 12.9. The summed E-state index contributed by atoms with van der Waals surface area (Å²) in [4.78, 5) is 23.0. The number of aromatic carboxylic acids is 1. The Kier molecular flexibility index (Phi) is 4.61. The Labute approximate surface area is 139 Å². The molecule has 0 atom stereocenters. The molecule has 0 fully saturated rings. The van der Waals surface area contributed by atoms with Crippen LogP contribution in [0.4, 0.5) is 0 Å². The van der Waals surface area contributed by atoms with E-state index in [2.05, 4.69) is 0 Å². The predicted octanol–water partition coefficient (Wildman–Crippen LogP) is 2.11. The first-order valence-electron chi connectivity index (χ1n) is 7.57. The van der Waals surface area contributed by atoms with Crippen molar-refractivity contribution < 1.29 is 24.2 Å². The van der Waals surface area contributed by atoms with Gasteiger partial charge in [-0.05, 0) is 35.4 Å². The van der Waals surface area contributed by atoms with Gasteiger partial charge in [0, 0.05) is 12.0 Å². The SMILES string of the molecule is O=C([O-])c1ccc(/C=C/C(=O)c2ccc3c(c2)OCCCO3)cc1. The molecule has 0 aromatic heterocycles. The molecule has 1 heterocycles. The first-order chi connectivity index (χ1) is 11.6. The number of hydrogen-bond donors (Lipinski definition) is 0. The van der Waals surface area contributed by atoms with Crippen LogP contribution in [-0.2, 0) is 0 Å². The molecule has 2 aromatic carbocycles. The van der Waals surface area contributed by atoms with Gasteiger partial charge in [0.05, 0.1) is 19.2 Å². The molecule has 0 saturated heterocycles. The molecule has 5 heteroatoms. The van der Waals surface area contributed by atoms with Crippen LogP contribution in [0.5, 0.6) is 11.5 Å². The van der Waals surface area contributed by atoms with E-state index in [4.69, 9.17) is 9.47 Å². The number of carbonyl (C=O) groups is 2. The molecule has 0 saturated carbocycles.